The minimum absolute atomic E-state index is 0.223. The van der Waals surface area contributed by atoms with Gasteiger partial charge in [0.15, 0.2) is 0 Å². The highest BCUT2D eigenvalue weighted by atomic mass is 16.5. The first-order valence-corrected chi connectivity index (χ1v) is 7.30. The molecule has 1 aromatic rings. The summed E-state index contributed by atoms with van der Waals surface area (Å²) in [6.07, 6.45) is 1.57. The summed E-state index contributed by atoms with van der Waals surface area (Å²) >= 11 is 0. The maximum absolute atomic E-state index is 9.80. The van der Waals surface area contributed by atoms with Crippen molar-refractivity contribution < 1.29 is 14.6 Å². The van der Waals surface area contributed by atoms with Crippen LogP contribution in [0.15, 0.2) is 24.3 Å². The Kier molecular flexibility index (Phi) is 8.26. The summed E-state index contributed by atoms with van der Waals surface area (Å²) in [5.74, 6) is 1.42. The van der Waals surface area contributed by atoms with Gasteiger partial charge in [0.05, 0.1) is 6.61 Å². The summed E-state index contributed by atoms with van der Waals surface area (Å²) in [7, 11) is 0. The zero-order valence-electron chi connectivity index (χ0n) is 12.5. The van der Waals surface area contributed by atoms with E-state index >= 15 is 0 Å². The van der Waals surface area contributed by atoms with Crippen molar-refractivity contribution in [2.45, 2.75) is 39.3 Å². The van der Waals surface area contributed by atoms with Crippen LogP contribution >= 0.6 is 0 Å². The summed E-state index contributed by atoms with van der Waals surface area (Å²) in [5.41, 5.74) is 6.57. The monoisotopic (exact) mass is 281 g/mol. The molecule has 4 nitrogen and oxygen atoms in total. The van der Waals surface area contributed by atoms with Gasteiger partial charge in [-0.05, 0) is 24.8 Å². The van der Waals surface area contributed by atoms with Gasteiger partial charge in [0.25, 0.3) is 0 Å². The molecule has 4 heteroatoms. The largest absolute Gasteiger partial charge is 0.490 e. The van der Waals surface area contributed by atoms with Gasteiger partial charge >= 0.3 is 0 Å². The van der Waals surface area contributed by atoms with Crippen molar-refractivity contribution in [1.29, 1.82) is 0 Å². The van der Waals surface area contributed by atoms with E-state index in [0.717, 1.165) is 24.2 Å². The van der Waals surface area contributed by atoms with Crippen LogP contribution in [0.25, 0.3) is 0 Å². The molecule has 0 amide bonds. The van der Waals surface area contributed by atoms with Gasteiger partial charge in [-0.15, -0.1) is 0 Å². The number of ether oxygens (including phenoxy) is 2. The van der Waals surface area contributed by atoms with E-state index in [1.54, 1.807) is 0 Å². The first-order chi connectivity index (χ1) is 9.63. The Labute approximate surface area is 121 Å². The van der Waals surface area contributed by atoms with Crippen LogP contribution in [0.1, 0.15) is 32.3 Å². The highest BCUT2D eigenvalue weighted by molar-refractivity contribution is 5.32. The van der Waals surface area contributed by atoms with E-state index in [1.165, 1.54) is 0 Å². The molecule has 20 heavy (non-hydrogen) atoms. The molecule has 0 aliphatic heterocycles. The van der Waals surface area contributed by atoms with Crippen LogP contribution in [0.3, 0.4) is 0 Å². The Morgan fingerprint density at radius 1 is 1.20 bits per heavy atom. The number of hydrogen-bond acceptors (Lipinski definition) is 4. The second-order valence-corrected chi connectivity index (χ2v) is 5.39. The van der Waals surface area contributed by atoms with Crippen molar-refractivity contribution in [3.8, 4) is 5.75 Å². The van der Waals surface area contributed by atoms with Crippen LogP contribution in [0.2, 0.25) is 0 Å². The molecule has 1 unspecified atom stereocenters. The van der Waals surface area contributed by atoms with Crippen molar-refractivity contribution >= 4 is 0 Å². The first kappa shape index (κ1) is 17.0. The minimum Gasteiger partial charge on any atom is -0.490 e. The molecule has 114 valence electrons. The Balaban J connectivity index is 2.18. The summed E-state index contributed by atoms with van der Waals surface area (Å²) in [4.78, 5) is 0. The van der Waals surface area contributed by atoms with E-state index < -0.39 is 6.10 Å². The number of aliphatic hydroxyl groups is 1. The molecular weight excluding hydrogens is 254 g/mol. The third-order valence-electron chi connectivity index (χ3n) is 3.00. The number of nitrogens with two attached hydrogens (primary N) is 1. The Bertz CT molecular complexity index is 368. The maximum Gasteiger partial charge on any atom is 0.123 e. The van der Waals surface area contributed by atoms with Crippen LogP contribution in [0.5, 0.6) is 5.75 Å². The SMILES string of the molecule is CC(C)CCCOCC(O)COc1ccccc1CN. The second kappa shape index (κ2) is 9.75. The fourth-order valence-corrected chi connectivity index (χ4v) is 1.86. The molecule has 0 bridgehead atoms. The molecular formula is C16H27NO3. The third kappa shape index (κ3) is 6.89. The third-order valence-corrected chi connectivity index (χ3v) is 3.00. The van der Waals surface area contributed by atoms with Crippen molar-refractivity contribution in [3.05, 3.63) is 29.8 Å². The molecule has 0 radical (unpaired) electrons. The van der Waals surface area contributed by atoms with Crippen LogP contribution in [-0.2, 0) is 11.3 Å². The zero-order valence-corrected chi connectivity index (χ0v) is 12.5. The molecule has 0 aromatic heterocycles. The molecule has 0 fully saturated rings. The number of benzene rings is 1. The van der Waals surface area contributed by atoms with Crippen molar-refractivity contribution in [1.82, 2.24) is 0 Å². The number of rotatable bonds is 10. The predicted molar refractivity (Wildman–Crippen MR) is 80.7 cm³/mol. The number of para-hydroxylation sites is 1. The maximum atomic E-state index is 9.80. The van der Waals surface area contributed by atoms with E-state index in [-0.39, 0.29) is 6.61 Å². The predicted octanol–water partition coefficient (Wildman–Crippen LogP) is 2.34. The Morgan fingerprint density at radius 3 is 2.65 bits per heavy atom. The van der Waals surface area contributed by atoms with Gasteiger partial charge in [0.2, 0.25) is 0 Å². The average Bonchev–Trinajstić information content (AvgIpc) is 2.44. The molecule has 3 N–H and O–H groups in total. The van der Waals surface area contributed by atoms with Crippen molar-refractivity contribution in [3.63, 3.8) is 0 Å². The van der Waals surface area contributed by atoms with Gasteiger partial charge in [0, 0.05) is 18.7 Å². The van der Waals surface area contributed by atoms with Gasteiger partial charge in [-0.25, -0.2) is 0 Å². The zero-order chi connectivity index (χ0) is 14.8. The molecule has 0 saturated carbocycles. The van der Waals surface area contributed by atoms with Crippen LogP contribution in [0.4, 0.5) is 0 Å². The van der Waals surface area contributed by atoms with Gasteiger partial charge < -0.3 is 20.3 Å². The van der Waals surface area contributed by atoms with Crippen molar-refractivity contribution in [2.75, 3.05) is 19.8 Å². The summed E-state index contributed by atoms with van der Waals surface area (Å²) < 4.78 is 11.0. The molecule has 1 aromatic carbocycles. The van der Waals surface area contributed by atoms with Gasteiger partial charge in [-0.2, -0.15) is 0 Å². The second-order valence-electron chi connectivity index (χ2n) is 5.39. The lowest BCUT2D eigenvalue weighted by Gasteiger charge is -2.15. The van der Waals surface area contributed by atoms with Crippen LogP contribution < -0.4 is 10.5 Å². The van der Waals surface area contributed by atoms with Gasteiger partial charge in [0.1, 0.15) is 18.5 Å². The molecule has 1 atom stereocenters. The topological polar surface area (TPSA) is 64.7 Å². The minimum atomic E-state index is -0.611. The van der Waals surface area contributed by atoms with E-state index in [1.807, 2.05) is 24.3 Å². The van der Waals surface area contributed by atoms with E-state index in [4.69, 9.17) is 15.2 Å². The fourth-order valence-electron chi connectivity index (χ4n) is 1.86. The molecule has 0 spiro atoms. The van der Waals surface area contributed by atoms with Crippen molar-refractivity contribution in [2.24, 2.45) is 11.7 Å². The van der Waals surface area contributed by atoms with Gasteiger partial charge in [-0.3, -0.25) is 0 Å². The Morgan fingerprint density at radius 2 is 1.95 bits per heavy atom. The lowest BCUT2D eigenvalue weighted by atomic mass is 10.1. The van der Waals surface area contributed by atoms with Crippen LogP contribution in [0, 0.1) is 5.92 Å². The van der Waals surface area contributed by atoms with Crippen LogP contribution in [-0.4, -0.2) is 31.0 Å². The number of aliphatic hydroxyl groups excluding tert-OH is 1. The molecule has 0 heterocycles. The lowest BCUT2D eigenvalue weighted by Crippen LogP contribution is -2.24. The molecule has 1 rings (SSSR count). The molecule has 0 saturated heterocycles. The summed E-state index contributed by atoms with van der Waals surface area (Å²) in [5, 5.41) is 9.80. The molecule has 0 aliphatic rings. The van der Waals surface area contributed by atoms with E-state index in [0.29, 0.717) is 25.7 Å². The normalized spacial score (nSPS) is 12.7. The number of hydrogen-bond donors (Lipinski definition) is 2. The molecule has 0 aliphatic carbocycles. The first-order valence-electron chi connectivity index (χ1n) is 7.30. The lowest BCUT2D eigenvalue weighted by molar-refractivity contribution is 0.0103. The highest BCUT2D eigenvalue weighted by Crippen LogP contribution is 2.17. The van der Waals surface area contributed by atoms with E-state index in [2.05, 4.69) is 13.8 Å². The fraction of sp³-hybridized carbons (Fsp3) is 0.625. The summed E-state index contributed by atoms with van der Waals surface area (Å²) in [6, 6.07) is 7.59. The smallest absolute Gasteiger partial charge is 0.123 e. The standard InChI is InChI=1S/C16H27NO3/c1-13(2)6-5-9-19-11-15(18)12-20-16-8-4-3-7-14(16)10-17/h3-4,7-8,13,15,18H,5-6,9-12,17H2,1-2H3. The average molecular weight is 281 g/mol. The highest BCUT2D eigenvalue weighted by Gasteiger charge is 2.07. The van der Waals surface area contributed by atoms with Gasteiger partial charge in [-0.1, -0.05) is 32.0 Å². The van der Waals surface area contributed by atoms with E-state index in [9.17, 15) is 5.11 Å². The summed E-state index contributed by atoms with van der Waals surface area (Å²) in [6.45, 7) is 6.03. The Hall–Kier alpha value is -1.10. The quantitative estimate of drug-likeness (QED) is 0.646.